The van der Waals surface area contributed by atoms with E-state index in [1.165, 1.54) is 0 Å². The van der Waals surface area contributed by atoms with Crippen LogP contribution in [0.1, 0.15) is 10.4 Å². The second-order valence-corrected chi connectivity index (χ2v) is 3.53. The van der Waals surface area contributed by atoms with Crippen LogP contribution in [0, 0.1) is 0 Å². The Bertz CT molecular complexity index is 366. The fourth-order valence-electron chi connectivity index (χ4n) is 1.62. The minimum absolute atomic E-state index is 0. The van der Waals surface area contributed by atoms with Gasteiger partial charge in [-0.05, 0) is 0 Å². The summed E-state index contributed by atoms with van der Waals surface area (Å²) in [6.07, 6.45) is 0. The SMILES string of the molecule is [B+2]c1cccc(C(=O)N2CCOCC2)c1.[OH-].[OH-]. The molecule has 0 atom stereocenters. The van der Waals surface area contributed by atoms with Crippen molar-refractivity contribution in [2.24, 2.45) is 0 Å². The number of amides is 1. The van der Waals surface area contributed by atoms with E-state index in [1.54, 1.807) is 29.2 Å². The van der Waals surface area contributed by atoms with Gasteiger partial charge >= 0.3 is 89.8 Å². The van der Waals surface area contributed by atoms with Crippen molar-refractivity contribution in [3.05, 3.63) is 29.8 Å². The number of ether oxygens (including phenoxy) is 1. The van der Waals surface area contributed by atoms with Gasteiger partial charge in [0.2, 0.25) is 0 Å². The van der Waals surface area contributed by atoms with Gasteiger partial charge in [0.05, 0.1) is 0 Å². The predicted octanol–water partition coefficient (Wildman–Crippen LogP) is -0.401. The Kier molecular flexibility index (Phi) is 6.49. The van der Waals surface area contributed by atoms with Crippen LogP contribution >= 0.6 is 0 Å². The molecule has 17 heavy (non-hydrogen) atoms. The Balaban J connectivity index is 0.00000128. The summed E-state index contributed by atoms with van der Waals surface area (Å²) in [4.78, 5) is 13.8. The second-order valence-electron chi connectivity index (χ2n) is 3.53. The molecule has 1 saturated heterocycles. The molecule has 2 rings (SSSR count). The normalized spacial score (nSPS) is 14.6. The van der Waals surface area contributed by atoms with Crippen molar-refractivity contribution in [1.29, 1.82) is 0 Å². The number of hydrogen-bond acceptors (Lipinski definition) is 4. The summed E-state index contributed by atoms with van der Waals surface area (Å²) in [6.45, 7) is 2.56. The van der Waals surface area contributed by atoms with Crippen molar-refractivity contribution in [3.8, 4) is 0 Å². The number of morpholine rings is 1. The van der Waals surface area contributed by atoms with Gasteiger partial charge in [-0.15, -0.1) is 0 Å². The molecule has 1 aliphatic rings. The number of carbonyl (C=O) groups excluding carboxylic acids is 1. The zero-order valence-corrected chi connectivity index (χ0v) is 9.37. The quantitative estimate of drug-likeness (QED) is 0.619. The summed E-state index contributed by atoms with van der Waals surface area (Å²) in [5, 5.41) is 0. The molecule has 1 aromatic rings. The fraction of sp³-hybridized carbons (Fsp3) is 0.364. The third-order valence-electron chi connectivity index (χ3n) is 2.43. The van der Waals surface area contributed by atoms with Gasteiger partial charge in [0.15, 0.2) is 0 Å². The van der Waals surface area contributed by atoms with Gasteiger partial charge in [0.1, 0.15) is 0 Å². The molecule has 90 valence electrons. The van der Waals surface area contributed by atoms with Crippen molar-refractivity contribution in [3.63, 3.8) is 0 Å². The fourth-order valence-corrected chi connectivity index (χ4v) is 1.62. The van der Waals surface area contributed by atoms with E-state index in [9.17, 15) is 4.79 Å². The van der Waals surface area contributed by atoms with E-state index >= 15 is 0 Å². The van der Waals surface area contributed by atoms with Crippen LogP contribution < -0.4 is 5.46 Å². The summed E-state index contributed by atoms with van der Waals surface area (Å²) in [5.41, 5.74) is 1.27. The minimum atomic E-state index is 0. The summed E-state index contributed by atoms with van der Waals surface area (Å²) in [7, 11) is 5.63. The van der Waals surface area contributed by atoms with Crippen molar-refractivity contribution >= 4 is 19.2 Å². The van der Waals surface area contributed by atoms with Gasteiger partial charge in [0.25, 0.3) is 0 Å². The molecular weight excluding hydrogens is 221 g/mol. The van der Waals surface area contributed by atoms with E-state index in [0.717, 1.165) is 0 Å². The van der Waals surface area contributed by atoms with Gasteiger partial charge < -0.3 is 11.0 Å². The van der Waals surface area contributed by atoms with Crippen LogP contribution in [0.2, 0.25) is 0 Å². The molecule has 5 nitrogen and oxygen atoms in total. The Morgan fingerprint density at radius 1 is 1.24 bits per heavy atom. The van der Waals surface area contributed by atoms with Crippen LogP contribution in [0.4, 0.5) is 0 Å². The molecule has 1 fully saturated rings. The molecule has 2 N–H and O–H groups in total. The van der Waals surface area contributed by atoms with Gasteiger partial charge in [-0.2, -0.15) is 0 Å². The number of nitrogens with zero attached hydrogens (tertiary/aromatic N) is 1. The molecule has 0 bridgehead atoms. The molecule has 6 heteroatoms. The van der Waals surface area contributed by atoms with Gasteiger partial charge in [-0.3, -0.25) is 0 Å². The van der Waals surface area contributed by atoms with Crippen LogP contribution in [-0.4, -0.2) is 55.9 Å². The largest absolute Gasteiger partial charge is 0.870 e. The first-order chi connectivity index (χ1) is 7.27. The third kappa shape index (κ3) is 3.85. The summed E-state index contributed by atoms with van der Waals surface area (Å²) in [5.74, 6) is 0.0330. The molecule has 0 saturated carbocycles. The standard InChI is InChI=1S/C11H12BNO2.2H2O/c12-10-3-1-2-9(8-10)11(14)13-4-6-15-7-5-13;;/h1-3,8H,4-7H2;2*1H2/q+2;;/p-2. The summed E-state index contributed by atoms with van der Waals surface area (Å²) < 4.78 is 5.19. The Hall–Kier alpha value is -1.37. The average molecular weight is 235 g/mol. The number of rotatable bonds is 1. The smallest absolute Gasteiger partial charge is 0.870 e. The maximum absolute atomic E-state index is 12.0. The van der Waals surface area contributed by atoms with Crippen LogP contribution in [0.15, 0.2) is 24.3 Å². The number of benzene rings is 1. The first-order valence-corrected chi connectivity index (χ1v) is 5.00. The van der Waals surface area contributed by atoms with Crippen LogP contribution in [-0.2, 0) is 4.74 Å². The second kappa shape index (κ2) is 7.06. The van der Waals surface area contributed by atoms with E-state index in [4.69, 9.17) is 12.6 Å². The molecule has 1 aromatic carbocycles. The van der Waals surface area contributed by atoms with Crippen LogP contribution in [0.5, 0.6) is 0 Å². The van der Waals surface area contributed by atoms with Crippen molar-refractivity contribution < 1.29 is 20.5 Å². The van der Waals surface area contributed by atoms with Crippen molar-refractivity contribution in [1.82, 2.24) is 4.90 Å². The van der Waals surface area contributed by atoms with Gasteiger partial charge in [0, 0.05) is 0 Å². The van der Waals surface area contributed by atoms with Crippen LogP contribution in [0.3, 0.4) is 0 Å². The van der Waals surface area contributed by atoms with Crippen molar-refractivity contribution in [2.45, 2.75) is 0 Å². The average Bonchev–Trinajstić information content (AvgIpc) is 2.29. The summed E-state index contributed by atoms with van der Waals surface area (Å²) in [6, 6.07) is 7.06. The number of hydrogen-bond donors (Lipinski definition) is 0. The molecular formula is C11H14BNO4. The minimum Gasteiger partial charge on any atom is -0.870 e. The molecule has 0 aromatic heterocycles. The maximum atomic E-state index is 12.0. The molecule has 1 amide bonds. The Labute approximate surface area is 101 Å². The monoisotopic (exact) mass is 235 g/mol. The number of carbonyl (C=O) groups is 1. The van der Waals surface area contributed by atoms with Crippen LogP contribution in [0.25, 0.3) is 0 Å². The molecule has 0 spiro atoms. The molecule has 0 radical (unpaired) electrons. The zero-order chi connectivity index (χ0) is 10.7. The zero-order valence-electron chi connectivity index (χ0n) is 9.37. The first kappa shape index (κ1) is 15.6. The summed E-state index contributed by atoms with van der Waals surface area (Å²) >= 11 is 0. The topological polar surface area (TPSA) is 89.5 Å². The van der Waals surface area contributed by atoms with E-state index in [2.05, 4.69) is 0 Å². The van der Waals surface area contributed by atoms with E-state index in [0.29, 0.717) is 37.3 Å². The predicted molar refractivity (Wildman–Crippen MR) is 62.4 cm³/mol. The maximum Gasteiger partial charge on any atom is -0.870 e. The Morgan fingerprint density at radius 2 is 1.88 bits per heavy atom. The molecule has 1 aliphatic heterocycles. The van der Waals surface area contributed by atoms with E-state index in [1.807, 2.05) is 0 Å². The van der Waals surface area contributed by atoms with Gasteiger partial charge in [-0.25, -0.2) is 0 Å². The third-order valence-corrected chi connectivity index (χ3v) is 2.43. The Morgan fingerprint density at radius 3 is 2.47 bits per heavy atom. The van der Waals surface area contributed by atoms with Crippen molar-refractivity contribution in [2.75, 3.05) is 26.3 Å². The molecule has 0 unspecified atom stereocenters. The molecule has 0 aliphatic carbocycles. The van der Waals surface area contributed by atoms with E-state index in [-0.39, 0.29) is 16.9 Å². The van der Waals surface area contributed by atoms with E-state index < -0.39 is 0 Å². The first-order valence-electron chi connectivity index (χ1n) is 5.00. The molecule has 1 heterocycles. The van der Waals surface area contributed by atoms with Gasteiger partial charge in [-0.1, -0.05) is 0 Å².